The molecular formula is C31H51IN2O3S. The van der Waals surface area contributed by atoms with Crippen molar-refractivity contribution in [2.24, 2.45) is 7.05 Å². The van der Waals surface area contributed by atoms with Gasteiger partial charge in [0.2, 0.25) is 10.0 Å². The molecule has 0 N–H and O–H groups in total. The number of unbranched alkanes of at least 4 members (excludes halogenated alkanes) is 9. The molecule has 0 aliphatic heterocycles. The van der Waals surface area contributed by atoms with Crippen molar-refractivity contribution in [2.75, 3.05) is 12.9 Å². The number of ether oxygens (including phenoxy) is 1. The van der Waals surface area contributed by atoms with Gasteiger partial charge < -0.3 is 28.7 Å². The number of pyridine rings is 1. The van der Waals surface area contributed by atoms with Crippen molar-refractivity contribution in [2.45, 2.75) is 110 Å². The molecule has 1 heterocycles. The average molecular weight is 659 g/mol. The molecule has 5 nitrogen and oxygen atoms in total. The quantitative estimate of drug-likeness (QED) is 0.146. The van der Waals surface area contributed by atoms with Crippen molar-refractivity contribution in [3.8, 4) is 5.75 Å². The summed E-state index contributed by atoms with van der Waals surface area (Å²) in [6.45, 7) is 10.2. The number of hydrogen-bond acceptors (Lipinski definition) is 3. The molecule has 0 bridgehead atoms. The van der Waals surface area contributed by atoms with Gasteiger partial charge in [0.05, 0.1) is 12.9 Å². The Bertz CT molecular complexity index is 1050. The lowest BCUT2D eigenvalue weighted by molar-refractivity contribution is -0.672. The van der Waals surface area contributed by atoms with E-state index in [4.69, 9.17) is 4.74 Å². The summed E-state index contributed by atoms with van der Waals surface area (Å²) < 4.78 is 34.9. The van der Waals surface area contributed by atoms with Crippen LogP contribution in [0.2, 0.25) is 0 Å². The van der Waals surface area contributed by atoms with E-state index in [1.165, 1.54) is 68.3 Å². The van der Waals surface area contributed by atoms with Gasteiger partial charge >= 0.3 is 0 Å². The molecule has 2 aromatic rings. The predicted octanol–water partition coefficient (Wildman–Crippen LogP) is 4.07. The van der Waals surface area contributed by atoms with Crippen LogP contribution in [0.15, 0.2) is 42.7 Å². The first-order valence-corrected chi connectivity index (χ1v) is 16.0. The minimum absolute atomic E-state index is 0. The van der Waals surface area contributed by atoms with E-state index in [0.29, 0.717) is 13.1 Å². The highest BCUT2D eigenvalue weighted by Crippen LogP contribution is 2.33. The number of hydrogen-bond donors (Lipinski definition) is 0. The maximum absolute atomic E-state index is 12.6. The smallest absolute Gasteiger partial charge is 0.211 e. The summed E-state index contributed by atoms with van der Waals surface area (Å²) in [5.74, 6) is 0.910. The molecule has 0 fully saturated rings. The standard InChI is InChI=1S/C31H51N2O3S.HI/c1-7-8-9-10-11-12-13-14-15-16-22-36-30-20-19-27(23-29(30)31(2,3)4)25-33(37(6,34)35)26-28-18-17-21-32(5)24-28;/h17-21,23-24H,7-16,22,25-26H2,1-6H3;1H/q+1;/p-1. The normalized spacial score (nSPS) is 12.0. The highest BCUT2D eigenvalue weighted by atomic mass is 127. The van der Waals surface area contributed by atoms with Gasteiger partial charge in [0.25, 0.3) is 0 Å². The van der Waals surface area contributed by atoms with Gasteiger partial charge in [-0.25, -0.2) is 13.0 Å². The summed E-state index contributed by atoms with van der Waals surface area (Å²) in [4.78, 5) is 0. The number of halogens is 1. The minimum atomic E-state index is -3.37. The van der Waals surface area contributed by atoms with Gasteiger partial charge in [0.1, 0.15) is 12.8 Å². The van der Waals surface area contributed by atoms with E-state index in [0.717, 1.165) is 35.5 Å². The monoisotopic (exact) mass is 658 g/mol. The summed E-state index contributed by atoms with van der Waals surface area (Å²) in [5.41, 5.74) is 2.95. The second kappa shape index (κ2) is 17.5. The number of benzene rings is 1. The topological polar surface area (TPSA) is 50.5 Å². The van der Waals surface area contributed by atoms with E-state index in [9.17, 15) is 8.42 Å². The van der Waals surface area contributed by atoms with Gasteiger partial charge in [0.15, 0.2) is 12.4 Å². The fraction of sp³-hybridized carbons (Fsp3) is 0.645. The van der Waals surface area contributed by atoms with Crippen molar-refractivity contribution in [3.63, 3.8) is 0 Å². The molecule has 0 radical (unpaired) electrons. The third kappa shape index (κ3) is 13.2. The molecule has 0 atom stereocenters. The number of nitrogens with zero attached hydrogens (tertiary/aromatic N) is 2. The van der Waals surface area contributed by atoms with E-state index in [1.807, 2.05) is 48.3 Å². The summed E-state index contributed by atoms with van der Waals surface area (Å²) >= 11 is 0. The molecule has 0 spiro atoms. The van der Waals surface area contributed by atoms with Crippen molar-refractivity contribution < 1.29 is 41.7 Å². The summed E-state index contributed by atoms with van der Waals surface area (Å²) in [5, 5.41) is 0. The van der Waals surface area contributed by atoms with Gasteiger partial charge in [-0.3, -0.25) is 0 Å². The fourth-order valence-corrected chi connectivity index (χ4v) is 5.37. The van der Waals surface area contributed by atoms with Gasteiger partial charge in [-0.15, -0.1) is 0 Å². The first-order chi connectivity index (χ1) is 17.5. The summed E-state index contributed by atoms with van der Waals surface area (Å²) in [6, 6.07) is 10.1. The molecule has 7 heteroatoms. The SMILES string of the molecule is CCCCCCCCCCCCOc1ccc(CN(Cc2ccc[n+](C)c2)S(C)(=O)=O)cc1C(C)(C)C.[I-]. The van der Waals surface area contributed by atoms with E-state index in [-0.39, 0.29) is 29.4 Å². The fourth-order valence-electron chi connectivity index (χ4n) is 4.60. The second-order valence-corrected chi connectivity index (χ2v) is 13.5. The number of sulfonamides is 1. The lowest BCUT2D eigenvalue weighted by atomic mass is 9.85. The molecule has 0 amide bonds. The Morgan fingerprint density at radius 2 is 1.45 bits per heavy atom. The van der Waals surface area contributed by atoms with Crippen LogP contribution in [0, 0.1) is 0 Å². The number of rotatable bonds is 17. The zero-order valence-corrected chi connectivity index (χ0v) is 27.6. The van der Waals surface area contributed by atoms with Gasteiger partial charge in [0, 0.05) is 24.7 Å². The molecule has 1 aromatic heterocycles. The molecule has 0 aliphatic carbocycles. The lowest BCUT2D eigenvalue weighted by Gasteiger charge is -2.25. The first-order valence-electron chi connectivity index (χ1n) is 14.2. The predicted molar refractivity (Wildman–Crippen MR) is 154 cm³/mol. The van der Waals surface area contributed by atoms with Crippen molar-refractivity contribution in [1.82, 2.24) is 4.31 Å². The van der Waals surface area contributed by atoms with Gasteiger partial charge in [-0.05, 0) is 35.1 Å². The third-order valence-corrected chi connectivity index (χ3v) is 7.99. The molecule has 216 valence electrons. The molecule has 1 aromatic carbocycles. The minimum Gasteiger partial charge on any atom is -1.00 e. The maximum atomic E-state index is 12.6. The van der Waals surface area contributed by atoms with Crippen LogP contribution in [-0.4, -0.2) is 25.6 Å². The number of aromatic nitrogens is 1. The highest BCUT2D eigenvalue weighted by molar-refractivity contribution is 7.88. The lowest BCUT2D eigenvalue weighted by Crippen LogP contribution is -3.00. The Balaban J connectivity index is 0.00000722. The van der Waals surface area contributed by atoms with Crippen molar-refractivity contribution in [1.29, 1.82) is 0 Å². The van der Waals surface area contributed by atoms with Crippen LogP contribution in [-0.2, 0) is 35.6 Å². The van der Waals surface area contributed by atoms with Crippen LogP contribution in [0.25, 0.3) is 0 Å². The Morgan fingerprint density at radius 3 is 2.00 bits per heavy atom. The van der Waals surface area contributed by atoms with Gasteiger partial charge in [-0.1, -0.05) is 97.6 Å². The third-order valence-electron chi connectivity index (χ3n) is 6.80. The van der Waals surface area contributed by atoms with E-state index in [2.05, 4.69) is 33.8 Å². The zero-order valence-electron chi connectivity index (χ0n) is 24.6. The Kier molecular flexibility index (Phi) is 16.0. The van der Waals surface area contributed by atoms with Crippen LogP contribution in [0.1, 0.15) is 109 Å². The Labute approximate surface area is 250 Å². The van der Waals surface area contributed by atoms with Gasteiger partial charge in [-0.2, -0.15) is 4.31 Å². The molecule has 0 saturated carbocycles. The Morgan fingerprint density at radius 1 is 0.868 bits per heavy atom. The Hall–Kier alpha value is -1.19. The molecule has 0 aliphatic rings. The molecule has 0 unspecified atom stereocenters. The van der Waals surface area contributed by atoms with Crippen LogP contribution < -0.4 is 33.3 Å². The van der Waals surface area contributed by atoms with Crippen LogP contribution in [0.4, 0.5) is 0 Å². The van der Waals surface area contributed by atoms with Crippen molar-refractivity contribution in [3.05, 3.63) is 59.4 Å². The second-order valence-electron chi connectivity index (χ2n) is 11.5. The molecular weight excluding hydrogens is 607 g/mol. The molecule has 2 rings (SSSR count). The zero-order chi connectivity index (χ0) is 27.3. The summed E-state index contributed by atoms with van der Waals surface area (Å²) in [7, 11) is -1.43. The van der Waals surface area contributed by atoms with Crippen LogP contribution >= 0.6 is 0 Å². The highest BCUT2D eigenvalue weighted by Gasteiger charge is 2.23. The van der Waals surface area contributed by atoms with Crippen molar-refractivity contribution >= 4 is 10.0 Å². The first kappa shape index (κ1) is 34.8. The van der Waals surface area contributed by atoms with Crippen LogP contribution in [0.5, 0.6) is 5.75 Å². The number of aryl methyl sites for hydroxylation is 1. The molecule has 38 heavy (non-hydrogen) atoms. The molecule has 0 saturated heterocycles. The average Bonchev–Trinajstić information content (AvgIpc) is 2.81. The van der Waals surface area contributed by atoms with E-state index < -0.39 is 10.0 Å². The van der Waals surface area contributed by atoms with E-state index >= 15 is 0 Å². The van der Waals surface area contributed by atoms with E-state index in [1.54, 1.807) is 0 Å². The maximum Gasteiger partial charge on any atom is 0.211 e. The van der Waals surface area contributed by atoms with Crippen LogP contribution in [0.3, 0.4) is 0 Å². The summed E-state index contributed by atoms with van der Waals surface area (Å²) in [6.07, 6.45) is 18.2. The largest absolute Gasteiger partial charge is 1.00 e.